The number of rotatable bonds is 3. The molecule has 2 aliphatic rings. The zero-order valence-electron chi connectivity index (χ0n) is 17.5. The van der Waals surface area contributed by atoms with Crippen molar-refractivity contribution in [3.63, 3.8) is 0 Å². The van der Waals surface area contributed by atoms with Crippen LogP contribution >= 0.6 is 23.2 Å². The maximum absolute atomic E-state index is 13.1. The molecule has 1 aromatic carbocycles. The second-order valence-corrected chi connectivity index (χ2v) is 10.9. The zero-order valence-corrected chi connectivity index (χ0v) is 19.0. The number of hydrogen-bond donors (Lipinski definition) is 2. The van der Waals surface area contributed by atoms with Gasteiger partial charge in [0.25, 0.3) is 0 Å². The fourth-order valence-electron chi connectivity index (χ4n) is 4.76. The van der Waals surface area contributed by atoms with Crippen LogP contribution in [0.2, 0.25) is 10.0 Å². The highest BCUT2D eigenvalue weighted by Gasteiger charge is 2.49. The number of benzene rings is 1. The number of aliphatic hydroxyl groups excluding tert-OH is 1. The lowest BCUT2D eigenvalue weighted by molar-refractivity contribution is -0.140. The van der Waals surface area contributed by atoms with E-state index in [0.29, 0.717) is 0 Å². The maximum atomic E-state index is 13.1. The molecule has 2 aliphatic carbocycles. The van der Waals surface area contributed by atoms with Crippen LogP contribution in [0.1, 0.15) is 64.9 Å². The predicted molar refractivity (Wildman–Crippen MR) is 115 cm³/mol. The largest absolute Gasteiger partial charge is 0.512 e. The number of phenols is 1. The first kappa shape index (κ1) is 22.8. The molecule has 0 bridgehead atoms. The molecule has 0 radical (unpaired) electrons. The monoisotopic (exact) mass is 452 g/mol. The topological polar surface area (TPSA) is 91.7 Å². The summed E-state index contributed by atoms with van der Waals surface area (Å²) in [5.74, 6) is -3.85. The molecule has 1 unspecified atom stereocenters. The average Bonchev–Trinajstić information content (AvgIpc) is 2.53. The highest BCUT2D eigenvalue weighted by Crippen LogP contribution is 2.50. The van der Waals surface area contributed by atoms with Gasteiger partial charge < -0.3 is 10.2 Å². The molecule has 0 amide bonds. The number of carbonyl (C=O) groups excluding carboxylic acids is 3. The predicted octanol–water partition coefficient (Wildman–Crippen LogP) is 5.56. The van der Waals surface area contributed by atoms with Crippen LogP contribution in [0, 0.1) is 16.7 Å². The Hall–Kier alpha value is -1.85. The smallest absolute Gasteiger partial charge is 0.163 e. The van der Waals surface area contributed by atoms with E-state index in [1.165, 1.54) is 12.1 Å². The van der Waals surface area contributed by atoms with Crippen molar-refractivity contribution in [2.45, 2.75) is 59.3 Å². The number of aromatic hydroxyl groups is 1. The Labute approximate surface area is 186 Å². The number of ketones is 3. The van der Waals surface area contributed by atoms with E-state index in [4.69, 9.17) is 23.2 Å². The van der Waals surface area contributed by atoms with Gasteiger partial charge in [-0.15, -0.1) is 0 Å². The highest BCUT2D eigenvalue weighted by atomic mass is 35.5. The minimum Gasteiger partial charge on any atom is -0.512 e. The SMILES string of the molecule is CC1(C)CC(=O)C(C(C2=C(O)CC(C)(C)CC2=O)c2cc(Cl)cc(Cl)c2O)C(=O)C1. The van der Waals surface area contributed by atoms with Crippen molar-refractivity contribution in [2.75, 3.05) is 0 Å². The van der Waals surface area contributed by atoms with Crippen LogP contribution < -0.4 is 0 Å². The fourth-order valence-corrected chi connectivity index (χ4v) is 5.27. The number of hydrogen-bond acceptors (Lipinski definition) is 5. The molecule has 1 saturated carbocycles. The molecule has 5 nitrogen and oxygen atoms in total. The molecule has 0 spiro atoms. The fraction of sp³-hybridized carbons (Fsp3) is 0.522. The highest BCUT2D eigenvalue weighted by molar-refractivity contribution is 6.35. The van der Waals surface area contributed by atoms with E-state index in [2.05, 4.69) is 0 Å². The molecular formula is C23H26Cl2O5. The summed E-state index contributed by atoms with van der Waals surface area (Å²) in [7, 11) is 0. The number of phenolic OH excluding ortho intramolecular Hbond substituents is 1. The second kappa shape index (κ2) is 7.69. The Bertz CT molecular complexity index is 954. The summed E-state index contributed by atoms with van der Waals surface area (Å²) in [6, 6.07) is 2.74. The Morgan fingerprint density at radius 2 is 1.43 bits per heavy atom. The Morgan fingerprint density at radius 3 is 1.97 bits per heavy atom. The second-order valence-electron chi connectivity index (χ2n) is 10.0. The zero-order chi connectivity index (χ0) is 22.6. The average molecular weight is 453 g/mol. The summed E-state index contributed by atoms with van der Waals surface area (Å²) < 4.78 is 0. The van der Waals surface area contributed by atoms with Crippen molar-refractivity contribution in [1.29, 1.82) is 0 Å². The number of Topliss-reactive ketones (excluding diaryl/α,β-unsaturated/α-hetero) is 3. The van der Waals surface area contributed by atoms with Crippen molar-refractivity contribution < 1.29 is 24.6 Å². The van der Waals surface area contributed by atoms with Gasteiger partial charge in [0.15, 0.2) is 5.78 Å². The Kier molecular flexibility index (Phi) is 5.85. The summed E-state index contributed by atoms with van der Waals surface area (Å²) >= 11 is 12.3. The molecule has 0 heterocycles. The maximum Gasteiger partial charge on any atom is 0.163 e. The van der Waals surface area contributed by atoms with Crippen LogP contribution in [0.4, 0.5) is 0 Å². The van der Waals surface area contributed by atoms with Gasteiger partial charge in [-0.1, -0.05) is 50.9 Å². The molecule has 3 rings (SSSR count). The van der Waals surface area contributed by atoms with Crippen molar-refractivity contribution in [1.82, 2.24) is 0 Å². The lowest BCUT2D eigenvalue weighted by Gasteiger charge is -2.39. The lowest BCUT2D eigenvalue weighted by atomic mass is 9.62. The van der Waals surface area contributed by atoms with Gasteiger partial charge in [0, 0.05) is 47.8 Å². The van der Waals surface area contributed by atoms with Crippen molar-refractivity contribution >= 4 is 40.6 Å². The number of allylic oxidation sites excluding steroid dienone is 2. The van der Waals surface area contributed by atoms with Crippen molar-refractivity contribution in [3.05, 3.63) is 39.1 Å². The van der Waals surface area contributed by atoms with Gasteiger partial charge in [-0.3, -0.25) is 14.4 Å². The van der Waals surface area contributed by atoms with Crippen molar-refractivity contribution in [3.8, 4) is 5.75 Å². The third-order valence-electron chi connectivity index (χ3n) is 5.93. The van der Waals surface area contributed by atoms with Crippen LogP contribution in [0.5, 0.6) is 5.75 Å². The van der Waals surface area contributed by atoms with Crippen molar-refractivity contribution in [2.24, 2.45) is 16.7 Å². The number of carbonyl (C=O) groups is 3. The molecule has 7 heteroatoms. The normalized spacial score (nSPS) is 23.1. The molecular weight excluding hydrogens is 427 g/mol. The quantitative estimate of drug-likeness (QED) is 0.585. The van der Waals surface area contributed by atoms with Gasteiger partial charge in [-0.05, 0) is 23.0 Å². The van der Waals surface area contributed by atoms with E-state index < -0.39 is 22.7 Å². The van der Waals surface area contributed by atoms with Crippen LogP contribution in [0.15, 0.2) is 23.5 Å². The summed E-state index contributed by atoms with van der Waals surface area (Å²) in [6.07, 6.45) is 0.685. The van der Waals surface area contributed by atoms with Gasteiger partial charge in [-0.2, -0.15) is 0 Å². The van der Waals surface area contributed by atoms with Crippen LogP contribution in [-0.2, 0) is 14.4 Å². The first-order valence-electron chi connectivity index (χ1n) is 9.91. The van der Waals surface area contributed by atoms with Gasteiger partial charge in [0.05, 0.1) is 10.9 Å². The third-order valence-corrected chi connectivity index (χ3v) is 6.44. The van der Waals surface area contributed by atoms with Crippen LogP contribution in [0.25, 0.3) is 0 Å². The van der Waals surface area contributed by atoms with Gasteiger partial charge in [0.2, 0.25) is 0 Å². The van der Waals surface area contributed by atoms with E-state index in [1.807, 2.05) is 27.7 Å². The molecule has 1 aromatic rings. The lowest BCUT2D eigenvalue weighted by Crippen LogP contribution is -2.43. The molecule has 0 aromatic heterocycles. The first-order valence-corrected chi connectivity index (χ1v) is 10.7. The van der Waals surface area contributed by atoms with E-state index in [1.54, 1.807) is 0 Å². The minimum atomic E-state index is -1.19. The minimum absolute atomic E-state index is 0.00522. The number of halogens is 2. The molecule has 0 aliphatic heterocycles. The summed E-state index contributed by atoms with van der Waals surface area (Å²) in [6.45, 7) is 7.40. The van der Waals surface area contributed by atoms with Gasteiger partial charge in [0.1, 0.15) is 23.1 Å². The third kappa shape index (κ3) is 4.28. The van der Waals surface area contributed by atoms with Crippen LogP contribution in [0.3, 0.4) is 0 Å². The summed E-state index contributed by atoms with van der Waals surface area (Å²) in [4.78, 5) is 39.3. The number of aliphatic hydroxyl groups is 1. The molecule has 2 N–H and O–H groups in total. The molecule has 30 heavy (non-hydrogen) atoms. The standard InChI is InChI=1S/C23H26Cl2O5/c1-22(2)7-14(26)19(15(27)8-22)18(12-5-11(24)6-13(25)21(12)30)20-16(28)9-23(3,4)10-17(20)29/h5-6,18-19,28,30H,7-10H2,1-4H3. The Balaban J connectivity index is 2.25. The summed E-state index contributed by atoms with van der Waals surface area (Å²) in [5, 5.41) is 21.6. The first-order chi connectivity index (χ1) is 13.7. The van der Waals surface area contributed by atoms with E-state index in [0.717, 1.165) is 0 Å². The van der Waals surface area contributed by atoms with E-state index in [-0.39, 0.29) is 75.7 Å². The van der Waals surface area contributed by atoms with Crippen LogP contribution in [-0.4, -0.2) is 27.6 Å². The molecule has 1 atom stereocenters. The van der Waals surface area contributed by atoms with E-state index in [9.17, 15) is 24.6 Å². The molecule has 1 fully saturated rings. The Morgan fingerprint density at radius 1 is 0.900 bits per heavy atom. The molecule has 0 saturated heterocycles. The van der Waals surface area contributed by atoms with E-state index >= 15 is 0 Å². The van der Waals surface area contributed by atoms with Gasteiger partial charge in [-0.25, -0.2) is 0 Å². The molecule has 162 valence electrons. The summed E-state index contributed by atoms with van der Waals surface area (Å²) in [5.41, 5.74) is -0.841. The van der Waals surface area contributed by atoms with Gasteiger partial charge >= 0.3 is 0 Å².